The standard InChI is InChI=1S/C15H31N/c1-5-12-7-6-8-13(11-12)14(16)9-10-15(2,3)4/h12-14H,5-11,16H2,1-4H3. The van der Waals surface area contributed by atoms with Gasteiger partial charge in [-0.1, -0.05) is 47.0 Å². The molecule has 1 aliphatic carbocycles. The van der Waals surface area contributed by atoms with Crippen LogP contribution in [0.2, 0.25) is 0 Å². The molecule has 0 aromatic heterocycles. The molecule has 0 aromatic carbocycles. The van der Waals surface area contributed by atoms with Crippen molar-refractivity contribution in [2.75, 3.05) is 0 Å². The van der Waals surface area contributed by atoms with E-state index in [0.717, 1.165) is 11.8 Å². The minimum atomic E-state index is 0.441. The third-order valence-electron chi connectivity index (χ3n) is 4.23. The Balaban J connectivity index is 2.32. The van der Waals surface area contributed by atoms with E-state index in [-0.39, 0.29) is 0 Å². The Bertz CT molecular complexity index is 192. The number of hydrogen-bond donors (Lipinski definition) is 1. The van der Waals surface area contributed by atoms with Gasteiger partial charge in [-0.15, -0.1) is 0 Å². The fraction of sp³-hybridized carbons (Fsp3) is 1.00. The molecule has 96 valence electrons. The largest absolute Gasteiger partial charge is 0.327 e. The van der Waals surface area contributed by atoms with Crippen molar-refractivity contribution in [3.63, 3.8) is 0 Å². The average molecular weight is 225 g/mol. The zero-order chi connectivity index (χ0) is 12.2. The van der Waals surface area contributed by atoms with Crippen molar-refractivity contribution in [2.24, 2.45) is 23.0 Å². The molecule has 2 N–H and O–H groups in total. The molecule has 0 saturated heterocycles. The molecule has 0 amide bonds. The van der Waals surface area contributed by atoms with Crippen molar-refractivity contribution in [1.82, 2.24) is 0 Å². The highest BCUT2D eigenvalue weighted by atomic mass is 14.7. The predicted molar refractivity (Wildman–Crippen MR) is 72.4 cm³/mol. The van der Waals surface area contributed by atoms with E-state index in [1.165, 1.54) is 44.9 Å². The molecule has 1 fully saturated rings. The SMILES string of the molecule is CCC1CCCC(C(N)CCC(C)(C)C)C1. The van der Waals surface area contributed by atoms with Crippen molar-refractivity contribution in [3.05, 3.63) is 0 Å². The van der Waals surface area contributed by atoms with Gasteiger partial charge in [-0.2, -0.15) is 0 Å². The van der Waals surface area contributed by atoms with E-state index in [9.17, 15) is 0 Å². The summed E-state index contributed by atoms with van der Waals surface area (Å²) in [6, 6.07) is 0.452. The highest BCUT2D eigenvalue weighted by molar-refractivity contribution is 4.81. The normalized spacial score (nSPS) is 29.1. The monoisotopic (exact) mass is 225 g/mol. The summed E-state index contributed by atoms with van der Waals surface area (Å²) in [4.78, 5) is 0. The third kappa shape index (κ3) is 4.86. The highest BCUT2D eigenvalue weighted by Gasteiger charge is 2.26. The molecule has 0 spiro atoms. The van der Waals surface area contributed by atoms with E-state index >= 15 is 0 Å². The van der Waals surface area contributed by atoms with Gasteiger partial charge in [-0.25, -0.2) is 0 Å². The highest BCUT2D eigenvalue weighted by Crippen LogP contribution is 2.34. The fourth-order valence-corrected chi connectivity index (χ4v) is 2.93. The Kier molecular flexibility index (Phi) is 5.30. The van der Waals surface area contributed by atoms with Gasteiger partial charge in [0.15, 0.2) is 0 Å². The molecule has 0 aliphatic heterocycles. The summed E-state index contributed by atoms with van der Waals surface area (Å²) in [5.41, 5.74) is 6.81. The van der Waals surface area contributed by atoms with Crippen LogP contribution in [0.25, 0.3) is 0 Å². The van der Waals surface area contributed by atoms with E-state index in [2.05, 4.69) is 27.7 Å². The molecule has 0 bridgehead atoms. The lowest BCUT2D eigenvalue weighted by atomic mass is 9.75. The Morgan fingerprint density at radius 2 is 1.94 bits per heavy atom. The second kappa shape index (κ2) is 6.05. The van der Waals surface area contributed by atoms with E-state index in [4.69, 9.17) is 5.73 Å². The molecule has 1 rings (SSSR count). The van der Waals surface area contributed by atoms with Gasteiger partial charge in [0.1, 0.15) is 0 Å². The molecule has 0 aromatic rings. The van der Waals surface area contributed by atoms with Gasteiger partial charge in [-0.3, -0.25) is 0 Å². The van der Waals surface area contributed by atoms with Crippen molar-refractivity contribution < 1.29 is 0 Å². The summed E-state index contributed by atoms with van der Waals surface area (Å²) >= 11 is 0. The summed E-state index contributed by atoms with van der Waals surface area (Å²) in [6.45, 7) is 9.27. The molecule has 16 heavy (non-hydrogen) atoms. The van der Waals surface area contributed by atoms with Gasteiger partial charge in [0.25, 0.3) is 0 Å². The van der Waals surface area contributed by atoms with Crippen molar-refractivity contribution >= 4 is 0 Å². The van der Waals surface area contributed by atoms with Gasteiger partial charge < -0.3 is 5.73 Å². The molecule has 3 unspecified atom stereocenters. The molecule has 1 heteroatoms. The van der Waals surface area contributed by atoms with Crippen LogP contribution in [0.15, 0.2) is 0 Å². The average Bonchev–Trinajstić information content (AvgIpc) is 2.25. The lowest BCUT2D eigenvalue weighted by Crippen LogP contribution is -2.34. The van der Waals surface area contributed by atoms with Crippen molar-refractivity contribution in [3.8, 4) is 0 Å². The van der Waals surface area contributed by atoms with Crippen molar-refractivity contribution in [1.29, 1.82) is 0 Å². The Hall–Kier alpha value is -0.0400. The van der Waals surface area contributed by atoms with Gasteiger partial charge in [0, 0.05) is 6.04 Å². The molecule has 3 atom stereocenters. The first-order chi connectivity index (χ1) is 7.42. The first kappa shape index (κ1) is 14.0. The second-order valence-electron chi connectivity index (χ2n) is 6.96. The summed E-state index contributed by atoms with van der Waals surface area (Å²) in [5, 5.41) is 0. The smallest absolute Gasteiger partial charge is 0.00674 e. The maximum absolute atomic E-state index is 6.37. The molecule has 0 radical (unpaired) electrons. The fourth-order valence-electron chi connectivity index (χ4n) is 2.93. The zero-order valence-electron chi connectivity index (χ0n) is 11.8. The molecular weight excluding hydrogens is 194 g/mol. The minimum Gasteiger partial charge on any atom is -0.327 e. The lowest BCUT2D eigenvalue weighted by molar-refractivity contribution is 0.211. The number of nitrogens with two attached hydrogens (primary N) is 1. The van der Waals surface area contributed by atoms with Gasteiger partial charge in [0.2, 0.25) is 0 Å². The first-order valence-electron chi connectivity index (χ1n) is 7.18. The van der Waals surface area contributed by atoms with Crippen LogP contribution in [-0.4, -0.2) is 6.04 Å². The van der Waals surface area contributed by atoms with E-state index < -0.39 is 0 Å². The molecule has 1 saturated carbocycles. The maximum atomic E-state index is 6.37. The molecule has 1 nitrogen and oxygen atoms in total. The Labute approximate surface area is 102 Å². The Morgan fingerprint density at radius 1 is 1.25 bits per heavy atom. The van der Waals surface area contributed by atoms with Gasteiger partial charge in [-0.05, 0) is 42.9 Å². The van der Waals surface area contributed by atoms with Gasteiger partial charge >= 0.3 is 0 Å². The number of hydrogen-bond acceptors (Lipinski definition) is 1. The summed E-state index contributed by atoms with van der Waals surface area (Å²) < 4.78 is 0. The maximum Gasteiger partial charge on any atom is 0.00674 e. The van der Waals surface area contributed by atoms with Crippen molar-refractivity contribution in [2.45, 2.75) is 78.7 Å². The lowest BCUT2D eigenvalue weighted by Gasteiger charge is -2.33. The zero-order valence-corrected chi connectivity index (χ0v) is 11.8. The van der Waals surface area contributed by atoms with E-state index in [1.54, 1.807) is 0 Å². The van der Waals surface area contributed by atoms with E-state index in [0.29, 0.717) is 11.5 Å². The molecule has 0 heterocycles. The first-order valence-corrected chi connectivity index (χ1v) is 7.18. The summed E-state index contributed by atoms with van der Waals surface area (Å²) in [5.74, 6) is 1.76. The van der Waals surface area contributed by atoms with Crippen LogP contribution in [0.4, 0.5) is 0 Å². The third-order valence-corrected chi connectivity index (χ3v) is 4.23. The quantitative estimate of drug-likeness (QED) is 0.756. The molecule has 1 aliphatic rings. The van der Waals surface area contributed by atoms with Crippen LogP contribution in [0, 0.1) is 17.3 Å². The van der Waals surface area contributed by atoms with Crippen LogP contribution in [-0.2, 0) is 0 Å². The topological polar surface area (TPSA) is 26.0 Å². The second-order valence-corrected chi connectivity index (χ2v) is 6.96. The van der Waals surface area contributed by atoms with Crippen LogP contribution in [0.5, 0.6) is 0 Å². The van der Waals surface area contributed by atoms with Crippen LogP contribution in [0.1, 0.15) is 72.6 Å². The van der Waals surface area contributed by atoms with Gasteiger partial charge in [0.05, 0.1) is 0 Å². The van der Waals surface area contributed by atoms with Crippen LogP contribution in [0.3, 0.4) is 0 Å². The molecular formula is C15H31N. The Morgan fingerprint density at radius 3 is 2.50 bits per heavy atom. The minimum absolute atomic E-state index is 0.441. The summed E-state index contributed by atoms with van der Waals surface area (Å²) in [7, 11) is 0. The van der Waals surface area contributed by atoms with Crippen LogP contribution >= 0.6 is 0 Å². The summed E-state index contributed by atoms with van der Waals surface area (Å²) in [6.07, 6.45) is 9.45. The van der Waals surface area contributed by atoms with E-state index in [1.807, 2.05) is 0 Å². The number of rotatable bonds is 4. The predicted octanol–water partition coefficient (Wildman–Crippen LogP) is 4.36. The van der Waals surface area contributed by atoms with Crippen LogP contribution < -0.4 is 5.73 Å².